The smallest absolute Gasteiger partial charge is 0.907 e. The molecular formula is BCaLiO3. The average Bonchev–Trinajstić information content (AvgIpc) is 0.811. The van der Waals surface area contributed by atoms with Gasteiger partial charge < -0.3 is 15.1 Å². The van der Waals surface area contributed by atoms with Crippen LogP contribution in [0.2, 0.25) is 0 Å². The van der Waals surface area contributed by atoms with Gasteiger partial charge in [0.2, 0.25) is 0 Å². The molecule has 0 amide bonds. The molecule has 0 aliphatic carbocycles. The molecule has 0 radical (unpaired) electrons. The summed E-state index contributed by atoms with van der Waals surface area (Å²) in [7, 11) is -2.92. The molecule has 24 valence electrons. The Morgan fingerprint density at radius 2 is 1.00 bits per heavy atom. The fraction of sp³-hybridized carbons (Fsp3) is 0. The quantitative estimate of drug-likeness (QED) is 0.288. The van der Waals surface area contributed by atoms with Crippen LogP contribution in [-0.2, 0) is 0 Å². The Labute approximate surface area is 78.1 Å². The van der Waals surface area contributed by atoms with Crippen molar-refractivity contribution >= 4 is 45.1 Å². The summed E-state index contributed by atoms with van der Waals surface area (Å²) in [6.07, 6.45) is 0. The minimum atomic E-state index is -2.92. The van der Waals surface area contributed by atoms with Crippen LogP contribution in [0.25, 0.3) is 0 Å². The van der Waals surface area contributed by atoms with E-state index in [1.54, 1.807) is 0 Å². The summed E-state index contributed by atoms with van der Waals surface area (Å²) in [5, 5.41) is 25.2. The third-order valence-corrected chi connectivity index (χ3v) is 0. The SMILES string of the molecule is [Ca+2].[Li+].[O-]B([O-])[O-]. The predicted molar refractivity (Wildman–Crippen MR) is 11.5 cm³/mol. The van der Waals surface area contributed by atoms with Crippen molar-refractivity contribution in [3.8, 4) is 0 Å². The normalized spacial score (nSPS) is 4.50. The van der Waals surface area contributed by atoms with Gasteiger partial charge in [0.05, 0.1) is 0 Å². The second kappa shape index (κ2) is 9.93. The first kappa shape index (κ1) is 15.7. The minimum Gasteiger partial charge on any atom is -0.907 e. The van der Waals surface area contributed by atoms with E-state index in [0.717, 1.165) is 0 Å². The van der Waals surface area contributed by atoms with Crippen molar-refractivity contribution in [2.75, 3.05) is 0 Å². The van der Waals surface area contributed by atoms with E-state index in [2.05, 4.69) is 0 Å². The van der Waals surface area contributed by atoms with E-state index in [4.69, 9.17) is 15.1 Å². The summed E-state index contributed by atoms with van der Waals surface area (Å²) in [6, 6.07) is 0. The Morgan fingerprint density at radius 1 is 1.00 bits per heavy atom. The van der Waals surface area contributed by atoms with Gasteiger partial charge in [-0.25, -0.2) is 0 Å². The molecule has 0 rings (SSSR count). The summed E-state index contributed by atoms with van der Waals surface area (Å²) in [5.74, 6) is 0. The van der Waals surface area contributed by atoms with Crippen LogP contribution in [0.3, 0.4) is 0 Å². The van der Waals surface area contributed by atoms with Crippen molar-refractivity contribution < 1.29 is 33.9 Å². The van der Waals surface area contributed by atoms with E-state index in [1.807, 2.05) is 0 Å². The molecule has 0 aromatic carbocycles. The van der Waals surface area contributed by atoms with E-state index in [0.29, 0.717) is 0 Å². The molecule has 6 heavy (non-hydrogen) atoms. The number of hydrogen-bond acceptors (Lipinski definition) is 3. The van der Waals surface area contributed by atoms with Crippen LogP contribution in [0.15, 0.2) is 0 Å². The molecule has 0 spiro atoms. The first-order valence-corrected chi connectivity index (χ1v) is 0.707. The third-order valence-electron chi connectivity index (χ3n) is 0. The van der Waals surface area contributed by atoms with E-state index >= 15 is 0 Å². The Hall–Kier alpha value is 1.80. The molecule has 0 unspecified atom stereocenters. The maximum Gasteiger partial charge on any atom is 2.00 e. The molecule has 0 N–H and O–H groups in total. The van der Waals surface area contributed by atoms with Crippen molar-refractivity contribution in [1.29, 1.82) is 0 Å². The molecule has 0 saturated carbocycles. The molecule has 0 aromatic heterocycles. The van der Waals surface area contributed by atoms with Gasteiger partial charge in [-0.05, 0) is 0 Å². The zero-order chi connectivity index (χ0) is 3.58. The van der Waals surface area contributed by atoms with Gasteiger partial charge in [0.1, 0.15) is 0 Å². The molecule has 0 bridgehead atoms. The fourth-order valence-corrected chi connectivity index (χ4v) is 0. The summed E-state index contributed by atoms with van der Waals surface area (Å²) >= 11 is 0. The van der Waals surface area contributed by atoms with Crippen LogP contribution in [0, 0.1) is 0 Å². The molecule has 6 heteroatoms. The van der Waals surface area contributed by atoms with E-state index in [1.165, 1.54) is 0 Å². The zero-order valence-electron chi connectivity index (χ0n) is 3.51. The van der Waals surface area contributed by atoms with Gasteiger partial charge in [-0.1, -0.05) is 0 Å². The Balaban J connectivity index is -0.0000000450. The molecule has 0 atom stereocenters. The molecule has 0 aromatic rings. The molecule has 0 fully saturated rings. The van der Waals surface area contributed by atoms with Crippen molar-refractivity contribution in [1.82, 2.24) is 0 Å². The van der Waals surface area contributed by atoms with Crippen LogP contribution >= 0.6 is 0 Å². The maximum atomic E-state index is 8.42. The minimum absolute atomic E-state index is 0. The van der Waals surface area contributed by atoms with E-state index < -0.39 is 7.32 Å². The van der Waals surface area contributed by atoms with Crippen LogP contribution in [0.1, 0.15) is 0 Å². The van der Waals surface area contributed by atoms with Gasteiger partial charge in [0, 0.05) is 0 Å². The standard InChI is InChI=1S/BO3.Ca.Li/c2-1(3)4;;/q-3;+2;+1. The summed E-state index contributed by atoms with van der Waals surface area (Å²) in [4.78, 5) is 0. The fourth-order valence-electron chi connectivity index (χ4n) is 0. The topological polar surface area (TPSA) is 69.2 Å². The van der Waals surface area contributed by atoms with E-state index in [-0.39, 0.29) is 56.6 Å². The number of rotatable bonds is 0. The largest absolute Gasteiger partial charge is 2.00 e. The van der Waals surface area contributed by atoms with Crippen LogP contribution in [0.4, 0.5) is 0 Å². The molecule has 0 aliphatic rings. The predicted octanol–water partition coefficient (Wildman–Crippen LogP) is -7.32. The van der Waals surface area contributed by atoms with Gasteiger partial charge >= 0.3 is 56.6 Å². The molecular weight excluding hydrogens is 106 g/mol. The van der Waals surface area contributed by atoms with Crippen molar-refractivity contribution in [2.45, 2.75) is 0 Å². The van der Waals surface area contributed by atoms with Crippen molar-refractivity contribution in [3.05, 3.63) is 0 Å². The molecule has 0 aliphatic heterocycles. The Morgan fingerprint density at radius 3 is 1.00 bits per heavy atom. The molecule has 0 heterocycles. The second-order valence-electron chi connectivity index (χ2n) is 0.289. The Kier molecular flexibility index (Phi) is 25.9. The van der Waals surface area contributed by atoms with Gasteiger partial charge in [-0.15, -0.1) is 0 Å². The zero-order valence-corrected chi connectivity index (χ0v) is 5.72. The monoisotopic (exact) mass is 106 g/mol. The van der Waals surface area contributed by atoms with Gasteiger partial charge in [0.25, 0.3) is 0 Å². The van der Waals surface area contributed by atoms with Crippen LogP contribution < -0.4 is 33.9 Å². The Bertz CT molecular complexity index is 15.5. The first-order valence-electron chi connectivity index (χ1n) is 0.707. The molecule has 3 nitrogen and oxygen atoms in total. The van der Waals surface area contributed by atoms with Gasteiger partial charge in [-0.3, -0.25) is 7.32 Å². The van der Waals surface area contributed by atoms with Crippen molar-refractivity contribution in [2.24, 2.45) is 0 Å². The molecule has 0 saturated heterocycles. The van der Waals surface area contributed by atoms with Crippen LogP contribution in [-0.4, -0.2) is 45.1 Å². The van der Waals surface area contributed by atoms with Gasteiger partial charge in [0.15, 0.2) is 0 Å². The summed E-state index contributed by atoms with van der Waals surface area (Å²) in [5.41, 5.74) is 0. The summed E-state index contributed by atoms with van der Waals surface area (Å²) < 4.78 is 0. The second-order valence-corrected chi connectivity index (χ2v) is 0.289. The van der Waals surface area contributed by atoms with E-state index in [9.17, 15) is 0 Å². The number of hydrogen-bond donors (Lipinski definition) is 0. The average molecular weight is 106 g/mol. The van der Waals surface area contributed by atoms with Crippen LogP contribution in [0.5, 0.6) is 0 Å². The maximum absolute atomic E-state index is 8.42. The van der Waals surface area contributed by atoms with Gasteiger partial charge in [-0.2, -0.15) is 0 Å². The third kappa shape index (κ3) is 41.2. The first-order chi connectivity index (χ1) is 1.73. The van der Waals surface area contributed by atoms with Crippen molar-refractivity contribution in [3.63, 3.8) is 0 Å². The summed E-state index contributed by atoms with van der Waals surface area (Å²) in [6.45, 7) is 0.